The van der Waals surface area contributed by atoms with Crippen molar-refractivity contribution in [2.75, 3.05) is 13.1 Å². The Kier molecular flexibility index (Phi) is 4.42. The lowest BCUT2D eigenvalue weighted by molar-refractivity contribution is 0.249. The van der Waals surface area contributed by atoms with Crippen LogP contribution in [0.4, 0.5) is 4.79 Å². The molecule has 20 heavy (non-hydrogen) atoms. The minimum atomic E-state index is -0.534. The zero-order valence-electron chi connectivity index (χ0n) is 11.4. The van der Waals surface area contributed by atoms with Gasteiger partial charge >= 0.3 is 6.03 Å². The fourth-order valence-electron chi connectivity index (χ4n) is 2.21. The van der Waals surface area contributed by atoms with Crippen LogP contribution in [0.5, 0.6) is 5.75 Å². The number of primary amides is 1. The second-order valence-corrected chi connectivity index (χ2v) is 4.69. The molecule has 0 aliphatic carbocycles. The van der Waals surface area contributed by atoms with Crippen LogP contribution in [0.25, 0.3) is 10.8 Å². The number of benzene rings is 2. The number of fused-ring (bicyclic) bond motifs is 1. The Hall–Kier alpha value is -2.27. The Morgan fingerprint density at radius 1 is 1.25 bits per heavy atom. The number of carbonyl (C=O) groups excluding carboxylic acids is 1. The number of phenols is 1. The van der Waals surface area contributed by atoms with Crippen molar-refractivity contribution in [1.82, 2.24) is 10.6 Å². The fraction of sp³-hybridized carbons (Fsp3) is 0.267. The van der Waals surface area contributed by atoms with E-state index in [0.29, 0.717) is 18.8 Å². The van der Waals surface area contributed by atoms with Crippen molar-refractivity contribution in [3.63, 3.8) is 0 Å². The third kappa shape index (κ3) is 3.19. The van der Waals surface area contributed by atoms with Gasteiger partial charge in [-0.1, -0.05) is 36.4 Å². The topological polar surface area (TPSA) is 87.4 Å². The predicted molar refractivity (Wildman–Crippen MR) is 79.6 cm³/mol. The highest BCUT2D eigenvalue weighted by atomic mass is 16.3. The van der Waals surface area contributed by atoms with Gasteiger partial charge in [-0.05, 0) is 12.3 Å². The number of urea groups is 1. The van der Waals surface area contributed by atoms with Gasteiger partial charge in [0.05, 0.1) is 0 Å². The summed E-state index contributed by atoms with van der Waals surface area (Å²) in [7, 11) is 0. The van der Waals surface area contributed by atoms with E-state index < -0.39 is 6.03 Å². The zero-order chi connectivity index (χ0) is 14.5. The number of aromatic hydroxyl groups is 1. The molecule has 0 aromatic heterocycles. The molecule has 0 heterocycles. The van der Waals surface area contributed by atoms with Crippen molar-refractivity contribution in [3.8, 4) is 5.75 Å². The molecule has 1 unspecified atom stereocenters. The van der Waals surface area contributed by atoms with E-state index in [4.69, 9.17) is 5.73 Å². The molecular weight excluding hydrogens is 254 g/mol. The summed E-state index contributed by atoms with van der Waals surface area (Å²) in [6.07, 6.45) is 0. The molecule has 0 aliphatic heterocycles. The summed E-state index contributed by atoms with van der Waals surface area (Å²) >= 11 is 0. The van der Waals surface area contributed by atoms with Gasteiger partial charge in [-0.2, -0.15) is 0 Å². The Morgan fingerprint density at radius 3 is 2.75 bits per heavy atom. The fourth-order valence-corrected chi connectivity index (χ4v) is 2.21. The van der Waals surface area contributed by atoms with E-state index in [1.165, 1.54) is 0 Å². The average Bonchev–Trinajstić information content (AvgIpc) is 2.44. The summed E-state index contributed by atoms with van der Waals surface area (Å²) in [5.41, 5.74) is 5.82. The second kappa shape index (κ2) is 6.25. The molecule has 5 heteroatoms. The number of phenolic OH excluding ortho intramolecular Hbond substituents is 1. The molecule has 5 N–H and O–H groups in total. The van der Waals surface area contributed by atoms with Crippen LogP contribution < -0.4 is 16.4 Å². The molecule has 5 nitrogen and oxygen atoms in total. The van der Waals surface area contributed by atoms with Gasteiger partial charge in [-0.3, -0.25) is 0 Å². The number of hydrogen-bond acceptors (Lipinski definition) is 3. The van der Waals surface area contributed by atoms with Gasteiger partial charge in [0.15, 0.2) is 0 Å². The SMILES string of the molecule is CC(NCCNC(N)=O)c1ccc2ccccc2c1O. The minimum Gasteiger partial charge on any atom is -0.507 e. The van der Waals surface area contributed by atoms with E-state index >= 15 is 0 Å². The van der Waals surface area contributed by atoms with Crippen molar-refractivity contribution < 1.29 is 9.90 Å². The van der Waals surface area contributed by atoms with Gasteiger partial charge < -0.3 is 21.5 Å². The maximum Gasteiger partial charge on any atom is 0.312 e. The Morgan fingerprint density at radius 2 is 2.00 bits per heavy atom. The summed E-state index contributed by atoms with van der Waals surface area (Å²) in [5, 5.41) is 17.9. The Balaban J connectivity index is 2.08. The van der Waals surface area contributed by atoms with Gasteiger partial charge in [0.1, 0.15) is 5.75 Å². The molecule has 0 spiro atoms. The smallest absolute Gasteiger partial charge is 0.312 e. The second-order valence-electron chi connectivity index (χ2n) is 4.69. The minimum absolute atomic E-state index is 0.0192. The highest BCUT2D eigenvalue weighted by Gasteiger charge is 2.12. The van der Waals surface area contributed by atoms with Gasteiger partial charge in [0.2, 0.25) is 0 Å². The summed E-state index contributed by atoms with van der Waals surface area (Å²) in [4.78, 5) is 10.6. The molecule has 0 saturated carbocycles. The van der Waals surface area contributed by atoms with Crippen LogP contribution in [0.15, 0.2) is 36.4 Å². The highest BCUT2D eigenvalue weighted by molar-refractivity contribution is 5.89. The first-order chi connectivity index (χ1) is 9.59. The molecule has 0 fully saturated rings. The summed E-state index contributed by atoms with van der Waals surface area (Å²) in [5.74, 6) is 0.297. The molecule has 2 aromatic carbocycles. The predicted octanol–water partition coefficient (Wildman–Crippen LogP) is 1.86. The lowest BCUT2D eigenvalue weighted by Gasteiger charge is -2.17. The lowest BCUT2D eigenvalue weighted by Crippen LogP contribution is -2.36. The van der Waals surface area contributed by atoms with Crippen LogP contribution in [0.1, 0.15) is 18.5 Å². The number of nitrogens with one attached hydrogen (secondary N) is 2. The molecule has 0 radical (unpaired) electrons. The molecule has 2 aromatic rings. The summed E-state index contributed by atoms with van der Waals surface area (Å²) in [6.45, 7) is 3.00. The van der Waals surface area contributed by atoms with Gasteiger partial charge in [0.25, 0.3) is 0 Å². The van der Waals surface area contributed by atoms with E-state index in [2.05, 4.69) is 10.6 Å². The summed E-state index contributed by atoms with van der Waals surface area (Å²) < 4.78 is 0. The van der Waals surface area contributed by atoms with Crippen LogP contribution in [0, 0.1) is 0 Å². The Labute approximate surface area is 117 Å². The van der Waals surface area contributed by atoms with E-state index in [9.17, 15) is 9.90 Å². The maximum absolute atomic E-state index is 10.6. The van der Waals surface area contributed by atoms with Gasteiger partial charge in [-0.15, -0.1) is 0 Å². The quantitative estimate of drug-likeness (QED) is 0.627. The first-order valence-electron chi connectivity index (χ1n) is 6.57. The van der Waals surface area contributed by atoms with E-state index in [1.807, 2.05) is 43.3 Å². The number of amides is 2. The number of rotatable bonds is 5. The molecule has 0 bridgehead atoms. The zero-order valence-corrected chi connectivity index (χ0v) is 11.4. The third-order valence-corrected chi connectivity index (χ3v) is 3.27. The van der Waals surface area contributed by atoms with Crippen LogP contribution in [-0.2, 0) is 0 Å². The standard InChI is InChI=1S/C15H19N3O2/c1-10(17-8-9-18-15(16)20)12-7-6-11-4-2-3-5-13(11)14(12)19/h2-7,10,17,19H,8-9H2,1H3,(H3,16,18,20). The van der Waals surface area contributed by atoms with E-state index in [0.717, 1.165) is 16.3 Å². The summed E-state index contributed by atoms with van der Waals surface area (Å²) in [6, 6.07) is 11.1. The van der Waals surface area contributed by atoms with E-state index in [-0.39, 0.29) is 6.04 Å². The number of nitrogens with two attached hydrogens (primary N) is 1. The van der Waals surface area contributed by atoms with Gasteiger partial charge in [-0.25, -0.2) is 4.79 Å². The normalized spacial score (nSPS) is 12.2. The average molecular weight is 273 g/mol. The largest absolute Gasteiger partial charge is 0.507 e. The first-order valence-corrected chi connectivity index (χ1v) is 6.57. The monoisotopic (exact) mass is 273 g/mol. The van der Waals surface area contributed by atoms with Crippen LogP contribution in [-0.4, -0.2) is 24.2 Å². The van der Waals surface area contributed by atoms with Crippen molar-refractivity contribution >= 4 is 16.8 Å². The molecule has 0 saturated heterocycles. The van der Waals surface area contributed by atoms with Crippen LogP contribution >= 0.6 is 0 Å². The number of hydrogen-bond donors (Lipinski definition) is 4. The Bertz CT molecular complexity index is 613. The molecule has 2 amide bonds. The van der Waals surface area contributed by atoms with Crippen molar-refractivity contribution in [3.05, 3.63) is 42.0 Å². The van der Waals surface area contributed by atoms with Crippen molar-refractivity contribution in [1.29, 1.82) is 0 Å². The highest BCUT2D eigenvalue weighted by Crippen LogP contribution is 2.32. The maximum atomic E-state index is 10.6. The van der Waals surface area contributed by atoms with Crippen molar-refractivity contribution in [2.45, 2.75) is 13.0 Å². The van der Waals surface area contributed by atoms with Crippen LogP contribution in [0.2, 0.25) is 0 Å². The van der Waals surface area contributed by atoms with E-state index in [1.54, 1.807) is 0 Å². The molecule has 1 atom stereocenters. The lowest BCUT2D eigenvalue weighted by atomic mass is 10.0. The molecule has 106 valence electrons. The number of carbonyl (C=O) groups is 1. The first kappa shape index (κ1) is 14.1. The molecular formula is C15H19N3O2. The third-order valence-electron chi connectivity index (χ3n) is 3.27. The van der Waals surface area contributed by atoms with Crippen LogP contribution in [0.3, 0.4) is 0 Å². The van der Waals surface area contributed by atoms with Gasteiger partial charge in [0, 0.05) is 30.1 Å². The van der Waals surface area contributed by atoms with Crippen molar-refractivity contribution in [2.24, 2.45) is 5.73 Å². The molecule has 0 aliphatic rings. The molecule has 2 rings (SSSR count).